The Kier molecular flexibility index (Phi) is 6.36. The van der Waals surface area contributed by atoms with Crippen LogP contribution in [0.5, 0.6) is 0 Å². The van der Waals surface area contributed by atoms with Crippen LogP contribution in [0.1, 0.15) is 54.1 Å². The highest BCUT2D eigenvalue weighted by molar-refractivity contribution is 5.93. The minimum absolute atomic E-state index is 0.00642. The van der Waals surface area contributed by atoms with Crippen LogP contribution in [0.2, 0.25) is 0 Å². The van der Waals surface area contributed by atoms with E-state index in [-0.39, 0.29) is 23.7 Å². The van der Waals surface area contributed by atoms with E-state index in [1.54, 1.807) is 37.6 Å². The van der Waals surface area contributed by atoms with Crippen LogP contribution in [0.25, 0.3) is 0 Å². The van der Waals surface area contributed by atoms with Crippen molar-refractivity contribution in [3.8, 4) is 0 Å². The van der Waals surface area contributed by atoms with Crippen LogP contribution in [0, 0.1) is 5.82 Å². The van der Waals surface area contributed by atoms with Gasteiger partial charge in [0, 0.05) is 45.1 Å². The second kappa shape index (κ2) is 9.18. The highest BCUT2D eigenvalue weighted by Crippen LogP contribution is 2.39. The molecule has 2 aliphatic rings. The predicted octanol–water partition coefficient (Wildman–Crippen LogP) is 2.68. The van der Waals surface area contributed by atoms with Crippen molar-refractivity contribution in [1.29, 1.82) is 0 Å². The molecule has 8 heteroatoms. The largest absolute Gasteiger partial charge is 0.381 e. The number of hydrogen-bond acceptors (Lipinski definition) is 4. The first kappa shape index (κ1) is 21.5. The van der Waals surface area contributed by atoms with Crippen molar-refractivity contribution < 1.29 is 18.7 Å². The van der Waals surface area contributed by atoms with Crippen LogP contribution in [0.4, 0.5) is 4.39 Å². The first-order valence-corrected chi connectivity index (χ1v) is 10.9. The zero-order valence-corrected chi connectivity index (χ0v) is 17.8. The van der Waals surface area contributed by atoms with Gasteiger partial charge >= 0.3 is 0 Å². The average molecular weight is 429 g/mol. The van der Waals surface area contributed by atoms with E-state index in [0.717, 1.165) is 19.3 Å². The van der Waals surface area contributed by atoms with Gasteiger partial charge in [-0.2, -0.15) is 5.10 Å². The summed E-state index contributed by atoms with van der Waals surface area (Å²) < 4.78 is 22.1. The van der Waals surface area contributed by atoms with Crippen LogP contribution in [0.15, 0.2) is 36.7 Å². The molecule has 0 aliphatic carbocycles. The molecule has 7 nitrogen and oxygen atoms in total. The highest BCUT2D eigenvalue weighted by atomic mass is 19.1. The molecule has 1 aromatic heterocycles. The summed E-state index contributed by atoms with van der Waals surface area (Å²) >= 11 is 0. The van der Waals surface area contributed by atoms with E-state index in [2.05, 4.69) is 10.4 Å². The summed E-state index contributed by atoms with van der Waals surface area (Å²) in [7, 11) is 1.59. The van der Waals surface area contributed by atoms with Gasteiger partial charge < -0.3 is 15.0 Å². The van der Waals surface area contributed by atoms with E-state index in [4.69, 9.17) is 4.74 Å². The van der Waals surface area contributed by atoms with Crippen molar-refractivity contribution in [2.75, 3.05) is 33.4 Å². The molecule has 0 spiro atoms. The first-order chi connectivity index (χ1) is 15.0. The molecule has 0 bridgehead atoms. The zero-order valence-electron chi connectivity index (χ0n) is 17.8. The number of aromatic nitrogens is 2. The van der Waals surface area contributed by atoms with Crippen LogP contribution in [-0.4, -0.2) is 59.8 Å². The number of likely N-dealkylation sites (tertiary alicyclic amines) is 1. The summed E-state index contributed by atoms with van der Waals surface area (Å²) in [6.07, 6.45) is 6.75. The third kappa shape index (κ3) is 4.21. The minimum atomic E-state index is -0.873. The molecular weight excluding hydrogens is 399 g/mol. The molecule has 0 radical (unpaired) electrons. The van der Waals surface area contributed by atoms with Crippen molar-refractivity contribution in [2.45, 2.75) is 43.6 Å². The summed E-state index contributed by atoms with van der Waals surface area (Å²) in [6, 6.07) is 6.74. The lowest BCUT2D eigenvalue weighted by Crippen LogP contribution is -2.50. The topological polar surface area (TPSA) is 76.5 Å². The quantitative estimate of drug-likeness (QED) is 0.812. The molecule has 2 aromatic rings. The van der Waals surface area contributed by atoms with Crippen LogP contribution < -0.4 is 5.32 Å². The van der Waals surface area contributed by atoms with Crippen LogP contribution in [-0.2, 0) is 14.9 Å². The van der Waals surface area contributed by atoms with Gasteiger partial charge in [0.25, 0.3) is 5.91 Å². The number of rotatable bonds is 4. The van der Waals surface area contributed by atoms with Gasteiger partial charge in [-0.25, -0.2) is 4.39 Å². The van der Waals surface area contributed by atoms with Crippen LogP contribution in [0.3, 0.4) is 0 Å². The summed E-state index contributed by atoms with van der Waals surface area (Å²) in [6.45, 7) is 2.11. The number of amides is 2. The molecule has 2 aliphatic heterocycles. The Morgan fingerprint density at radius 1 is 1.19 bits per heavy atom. The Morgan fingerprint density at radius 2 is 1.97 bits per heavy atom. The number of halogens is 1. The van der Waals surface area contributed by atoms with Crippen molar-refractivity contribution in [2.24, 2.45) is 0 Å². The zero-order chi connectivity index (χ0) is 21.8. The van der Waals surface area contributed by atoms with E-state index in [9.17, 15) is 14.0 Å². The molecular formula is C23H29FN4O3. The normalized spacial score (nSPS) is 21.4. The van der Waals surface area contributed by atoms with Crippen LogP contribution >= 0.6 is 0 Å². The molecule has 1 aromatic carbocycles. The maximum atomic E-state index is 14.8. The second-order valence-electron chi connectivity index (χ2n) is 8.34. The van der Waals surface area contributed by atoms with E-state index in [0.29, 0.717) is 50.3 Å². The second-order valence-corrected chi connectivity index (χ2v) is 8.34. The lowest BCUT2D eigenvalue weighted by atomic mass is 9.72. The maximum absolute atomic E-state index is 14.8. The van der Waals surface area contributed by atoms with E-state index >= 15 is 0 Å². The van der Waals surface area contributed by atoms with Crippen molar-refractivity contribution in [1.82, 2.24) is 20.0 Å². The SMILES string of the molecule is CNC(=O)c1cnn(C2CCCN(C(=O)C3(c4ccccc4F)CCOCC3)CC2)c1. The van der Waals surface area contributed by atoms with Gasteiger partial charge in [-0.1, -0.05) is 18.2 Å². The third-order valence-electron chi connectivity index (χ3n) is 6.59. The monoisotopic (exact) mass is 428 g/mol. The molecule has 1 N–H and O–H groups in total. The standard InChI is InChI=1S/C23H29FN4O3/c1-25-21(29)17-15-26-28(16-17)18-5-4-11-27(12-8-18)22(30)23(9-13-31-14-10-23)19-6-2-3-7-20(19)24/h2-3,6-7,15-16,18H,4-5,8-14H2,1H3,(H,25,29). The van der Waals surface area contributed by atoms with Gasteiger partial charge in [-0.3, -0.25) is 14.3 Å². The number of nitrogens with zero attached hydrogens (tertiary/aromatic N) is 3. The third-order valence-corrected chi connectivity index (χ3v) is 6.59. The van der Waals surface area contributed by atoms with Gasteiger partial charge in [0.05, 0.1) is 23.2 Å². The summed E-state index contributed by atoms with van der Waals surface area (Å²) in [5.41, 5.74) is 0.133. The molecule has 0 saturated carbocycles. The minimum Gasteiger partial charge on any atom is -0.381 e. The number of ether oxygens (including phenoxy) is 1. The number of hydrogen-bond donors (Lipinski definition) is 1. The number of benzene rings is 1. The summed E-state index contributed by atoms with van der Waals surface area (Å²) in [4.78, 5) is 27.5. The fourth-order valence-electron chi connectivity index (χ4n) is 4.82. The molecule has 166 valence electrons. The summed E-state index contributed by atoms with van der Waals surface area (Å²) in [5.74, 6) is -0.500. The van der Waals surface area contributed by atoms with Gasteiger partial charge in [0.15, 0.2) is 0 Å². The molecule has 4 rings (SSSR count). The van der Waals surface area contributed by atoms with Gasteiger partial charge in [0.2, 0.25) is 5.91 Å². The van der Waals surface area contributed by atoms with E-state index in [1.807, 2.05) is 9.58 Å². The number of carbonyl (C=O) groups excluding carboxylic acids is 2. The van der Waals surface area contributed by atoms with E-state index < -0.39 is 5.41 Å². The van der Waals surface area contributed by atoms with Gasteiger partial charge in [-0.05, 0) is 38.2 Å². The first-order valence-electron chi connectivity index (χ1n) is 10.9. The fraction of sp³-hybridized carbons (Fsp3) is 0.522. The average Bonchev–Trinajstić information content (AvgIpc) is 3.17. The molecule has 1 unspecified atom stereocenters. The fourth-order valence-corrected chi connectivity index (χ4v) is 4.82. The Morgan fingerprint density at radius 3 is 2.71 bits per heavy atom. The highest BCUT2D eigenvalue weighted by Gasteiger charge is 2.45. The summed E-state index contributed by atoms with van der Waals surface area (Å²) in [5, 5.41) is 6.98. The van der Waals surface area contributed by atoms with Gasteiger partial charge in [0.1, 0.15) is 5.82 Å². The van der Waals surface area contributed by atoms with E-state index in [1.165, 1.54) is 6.07 Å². The Balaban J connectivity index is 1.52. The van der Waals surface area contributed by atoms with Crippen molar-refractivity contribution >= 4 is 11.8 Å². The molecule has 2 fully saturated rings. The number of nitrogens with one attached hydrogen (secondary N) is 1. The van der Waals surface area contributed by atoms with Crippen molar-refractivity contribution in [3.63, 3.8) is 0 Å². The molecule has 1 atom stereocenters. The Bertz CT molecular complexity index is 938. The Hall–Kier alpha value is -2.74. The van der Waals surface area contributed by atoms with Gasteiger partial charge in [-0.15, -0.1) is 0 Å². The maximum Gasteiger partial charge on any atom is 0.254 e. The Labute approximate surface area is 181 Å². The number of carbonyl (C=O) groups is 2. The molecule has 2 saturated heterocycles. The molecule has 2 amide bonds. The molecule has 31 heavy (non-hydrogen) atoms. The lowest BCUT2D eigenvalue weighted by Gasteiger charge is -2.40. The predicted molar refractivity (Wildman–Crippen MR) is 113 cm³/mol. The molecule has 3 heterocycles. The smallest absolute Gasteiger partial charge is 0.254 e. The van der Waals surface area contributed by atoms with Crippen molar-refractivity contribution in [3.05, 3.63) is 53.6 Å². The lowest BCUT2D eigenvalue weighted by molar-refractivity contribution is -0.141.